The van der Waals surface area contributed by atoms with E-state index < -0.39 is 84.8 Å². The summed E-state index contributed by atoms with van der Waals surface area (Å²) < 4.78 is 119. The Hall–Kier alpha value is -3.57. The number of alkyl halides is 7. The molecule has 3 heterocycles. The van der Waals surface area contributed by atoms with E-state index in [0.29, 0.717) is 4.90 Å². The summed E-state index contributed by atoms with van der Waals surface area (Å²) in [6.45, 7) is 1.43. The fourth-order valence-electron chi connectivity index (χ4n) is 5.35. The van der Waals surface area contributed by atoms with Crippen molar-refractivity contribution in [1.29, 1.82) is 0 Å². The van der Waals surface area contributed by atoms with Gasteiger partial charge in [0.05, 0.1) is 42.6 Å². The SMILES string of the molecule is COc1cc(-c2c3c(C(F)F)cc(B4OC(C)(C)C(C)(C)O4)cc3nn2C)cc(OC(F)F)c1C(=O)N1CC(O)(C(F)(F)F)C1. The van der Waals surface area contributed by atoms with Gasteiger partial charge in [-0.15, -0.1) is 0 Å². The van der Waals surface area contributed by atoms with Crippen LogP contribution in [0, 0.1) is 0 Å². The summed E-state index contributed by atoms with van der Waals surface area (Å²) in [4.78, 5) is 13.8. The molecule has 2 aromatic carbocycles. The number of likely N-dealkylation sites (tertiary alicyclic amines) is 1. The minimum Gasteiger partial charge on any atom is -0.496 e. The smallest absolute Gasteiger partial charge is 0.494 e. The fraction of sp³-hybridized carbons (Fsp3) is 0.500. The number of halogens is 7. The molecule has 0 bridgehead atoms. The fourth-order valence-corrected chi connectivity index (χ4v) is 5.35. The first kappa shape index (κ1) is 32.8. The quantitative estimate of drug-likeness (QED) is 0.290. The Kier molecular flexibility index (Phi) is 7.85. The van der Waals surface area contributed by atoms with Crippen molar-refractivity contribution in [3.05, 3.63) is 35.4 Å². The summed E-state index contributed by atoms with van der Waals surface area (Å²) in [5, 5.41) is 14.1. The lowest BCUT2D eigenvalue weighted by Gasteiger charge is -2.47. The largest absolute Gasteiger partial charge is 0.496 e. The predicted molar refractivity (Wildman–Crippen MR) is 147 cm³/mol. The van der Waals surface area contributed by atoms with Crippen LogP contribution in [0.25, 0.3) is 22.2 Å². The van der Waals surface area contributed by atoms with E-state index in [0.717, 1.165) is 13.2 Å². The van der Waals surface area contributed by atoms with Crippen LogP contribution in [0.3, 0.4) is 0 Å². The van der Waals surface area contributed by atoms with Crippen molar-refractivity contribution < 1.29 is 59.4 Å². The molecule has 0 radical (unpaired) electrons. The third kappa shape index (κ3) is 5.48. The number of carbonyl (C=O) groups is 1. The molecule has 1 N–H and O–H groups in total. The van der Waals surface area contributed by atoms with Crippen LogP contribution < -0.4 is 14.9 Å². The van der Waals surface area contributed by atoms with Gasteiger partial charge < -0.3 is 28.8 Å². The number of ether oxygens (including phenoxy) is 2. The molecular weight excluding hydrogens is 618 g/mol. The van der Waals surface area contributed by atoms with Crippen molar-refractivity contribution in [2.75, 3.05) is 20.2 Å². The Morgan fingerprint density at radius 2 is 1.60 bits per heavy atom. The summed E-state index contributed by atoms with van der Waals surface area (Å²) in [5.41, 5.74) is -5.43. The Morgan fingerprint density at radius 3 is 2.11 bits per heavy atom. The van der Waals surface area contributed by atoms with Gasteiger partial charge in [-0.1, -0.05) is 6.07 Å². The van der Waals surface area contributed by atoms with Gasteiger partial charge in [0.2, 0.25) is 0 Å². The molecule has 244 valence electrons. The van der Waals surface area contributed by atoms with Crippen molar-refractivity contribution in [1.82, 2.24) is 14.7 Å². The number of aryl methyl sites for hydroxylation is 1. The molecule has 17 heteroatoms. The van der Waals surface area contributed by atoms with Gasteiger partial charge in [-0.25, -0.2) is 8.78 Å². The maximum absolute atomic E-state index is 14.6. The topological polar surface area (TPSA) is 95.3 Å². The Balaban J connectivity index is 1.63. The summed E-state index contributed by atoms with van der Waals surface area (Å²) in [7, 11) is 1.51. The molecule has 2 aliphatic rings. The van der Waals surface area contributed by atoms with Gasteiger partial charge >= 0.3 is 19.9 Å². The zero-order chi connectivity index (χ0) is 33.4. The first-order valence-electron chi connectivity index (χ1n) is 13.6. The summed E-state index contributed by atoms with van der Waals surface area (Å²) in [5.74, 6) is -2.36. The molecule has 2 saturated heterocycles. The lowest BCUT2D eigenvalue weighted by atomic mass is 9.77. The third-order valence-corrected chi connectivity index (χ3v) is 8.46. The van der Waals surface area contributed by atoms with Crippen LogP contribution in [-0.4, -0.2) is 82.6 Å². The van der Waals surface area contributed by atoms with Gasteiger partial charge in [0.1, 0.15) is 17.1 Å². The maximum atomic E-state index is 14.6. The van der Waals surface area contributed by atoms with Crippen LogP contribution >= 0.6 is 0 Å². The monoisotopic (exact) mass is 647 g/mol. The highest BCUT2D eigenvalue weighted by molar-refractivity contribution is 6.62. The van der Waals surface area contributed by atoms with Crippen molar-refractivity contribution in [3.63, 3.8) is 0 Å². The van der Waals surface area contributed by atoms with E-state index in [4.69, 9.17) is 14.0 Å². The van der Waals surface area contributed by atoms with Crippen LogP contribution in [-0.2, 0) is 16.4 Å². The summed E-state index contributed by atoms with van der Waals surface area (Å²) in [6.07, 6.45) is -8.07. The second kappa shape index (κ2) is 10.8. The van der Waals surface area contributed by atoms with Crippen LogP contribution in [0.2, 0.25) is 0 Å². The molecule has 1 amide bonds. The molecule has 1 aromatic heterocycles. The average molecular weight is 647 g/mol. The van der Waals surface area contributed by atoms with E-state index in [-0.39, 0.29) is 27.6 Å². The highest BCUT2D eigenvalue weighted by Gasteiger charge is 2.62. The Morgan fingerprint density at radius 1 is 1.02 bits per heavy atom. The number of amides is 1. The number of benzene rings is 2. The van der Waals surface area contributed by atoms with Gasteiger partial charge in [0, 0.05) is 23.6 Å². The van der Waals surface area contributed by atoms with E-state index in [9.17, 15) is 40.6 Å². The normalized spacial score (nSPS) is 19.0. The number of carbonyl (C=O) groups excluding carboxylic acids is 1. The second-order valence-corrected chi connectivity index (χ2v) is 12.0. The van der Waals surface area contributed by atoms with Crippen molar-refractivity contribution in [2.24, 2.45) is 7.05 Å². The van der Waals surface area contributed by atoms with Crippen LogP contribution in [0.4, 0.5) is 30.7 Å². The second-order valence-electron chi connectivity index (χ2n) is 12.0. The van der Waals surface area contributed by atoms with Gasteiger partial charge in [0.25, 0.3) is 12.3 Å². The van der Waals surface area contributed by atoms with Crippen molar-refractivity contribution >= 4 is 29.4 Å². The van der Waals surface area contributed by atoms with Crippen LogP contribution in [0.15, 0.2) is 24.3 Å². The highest BCUT2D eigenvalue weighted by atomic mass is 19.4. The van der Waals surface area contributed by atoms with E-state index in [2.05, 4.69) is 9.84 Å². The zero-order valence-electron chi connectivity index (χ0n) is 24.9. The standard InChI is InChI=1S/C28H29BF7N3O6/c1-25(2)26(3,4)45-29(44-25)14-9-15(22(30)31)19-16(10-14)37-38(5)21(19)13-7-17(42-6)20(18(8-13)43-24(32)33)23(40)39-11-27(41,12-39)28(34,35)36/h7-10,22,24,41H,11-12H2,1-6H3. The molecule has 0 aliphatic carbocycles. The minimum atomic E-state index is -5.04. The van der Waals surface area contributed by atoms with Crippen LogP contribution in [0.5, 0.6) is 11.5 Å². The number of hydrogen-bond acceptors (Lipinski definition) is 7. The van der Waals surface area contributed by atoms with Crippen LogP contribution in [0.1, 0.15) is 50.0 Å². The molecule has 3 aromatic rings. The molecule has 0 spiro atoms. The number of β-amino-alcohol motifs (C(OH)–C–C–N with tert-alkyl or cyclic N) is 1. The molecule has 2 aliphatic heterocycles. The summed E-state index contributed by atoms with van der Waals surface area (Å²) in [6, 6.07) is 4.85. The van der Waals surface area contributed by atoms with Gasteiger partial charge in [-0.3, -0.25) is 9.48 Å². The molecule has 45 heavy (non-hydrogen) atoms. The summed E-state index contributed by atoms with van der Waals surface area (Å²) >= 11 is 0. The van der Waals surface area contributed by atoms with Gasteiger partial charge in [-0.05, 0) is 51.4 Å². The lowest BCUT2D eigenvalue weighted by Crippen LogP contribution is -2.70. The molecule has 0 saturated carbocycles. The maximum Gasteiger partial charge on any atom is 0.494 e. The first-order chi connectivity index (χ1) is 20.7. The number of hydrogen-bond donors (Lipinski definition) is 1. The molecule has 0 atom stereocenters. The van der Waals surface area contributed by atoms with E-state index in [1.807, 2.05) is 0 Å². The zero-order valence-corrected chi connectivity index (χ0v) is 24.9. The minimum absolute atomic E-state index is 0.0209. The Bertz CT molecular complexity index is 1640. The lowest BCUT2D eigenvalue weighted by molar-refractivity contribution is -0.294. The molecule has 9 nitrogen and oxygen atoms in total. The number of fused-ring (bicyclic) bond motifs is 1. The number of rotatable bonds is 7. The van der Waals surface area contributed by atoms with Gasteiger partial charge in [-0.2, -0.15) is 27.1 Å². The predicted octanol–water partition coefficient (Wildman–Crippen LogP) is 4.84. The van der Waals surface area contributed by atoms with E-state index in [1.54, 1.807) is 27.7 Å². The van der Waals surface area contributed by atoms with Gasteiger partial charge in [0.15, 0.2) is 5.60 Å². The van der Waals surface area contributed by atoms with E-state index in [1.165, 1.54) is 29.9 Å². The molecule has 5 rings (SSSR count). The molecular formula is C28H29BF7N3O6. The highest BCUT2D eigenvalue weighted by Crippen LogP contribution is 2.44. The third-order valence-electron chi connectivity index (χ3n) is 8.46. The first-order valence-corrected chi connectivity index (χ1v) is 13.6. The molecule has 2 fully saturated rings. The van der Waals surface area contributed by atoms with E-state index >= 15 is 0 Å². The number of aromatic nitrogens is 2. The average Bonchev–Trinajstić information content (AvgIpc) is 3.34. The van der Waals surface area contributed by atoms with Crippen molar-refractivity contribution in [3.8, 4) is 22.8 Å². The Labute approximate surface area is 252 Å². The molecule has 0 unspecified atom stereocenters. The number of nitrogens with zero attached hydrogens (tertiary/aromatic N) is 3. The number of aliphatic hydroxyl groups is 1. The number of methoxy groups -OCH3 is 1. The van der Waals surface area contributed by atoms with Crippen molar-refractivity contribution in [2.45, 2.75) is 63.7 Å².